The zero-order chi connectivity index (χ0) is 18.6. The summed E-state index contributed by atoms with van der Waals surface area (Å²) in [6.45, 7) is 0.545. The molecule has 0 aromatic heterocycles. The van der Waals surface area contributed by atoms with Gasteiger partial charge in [-0.2, -0.15) is 13.2 Å². The van der Waals surface area contributed by atoms with Gasteiger partial charge in [0.1, 0.15) is 18.2 Å². The van der Waals surface area contributed by atoms with Crippen molar-refractivity contribution in [2.45, 2.75) is 32.6 Å². The van der Waals surface area contributed by atoms with E-state index in [0.717, 1.165) is 24.5 Å². The highest BCUT2D eigenvalue weighted by molar-refractivity contribution is 5.91. The summed E-state index contributed by atoms with van der Waals surface area (Å²) in [5.74, 6) is -3.18. The lowest BCUT2D eigenvalue weighted by atomic mass is 10.1. The molecule has 2 rings (SSSR count). The van der Waals surface area contributed by atoms with Crippen LogP contribution in [0.25, 0.3) is 0 Å². The van der Waals surface area contributed by atoms with Crippen LogP contribution in [0.5, 0.6) is 5.75 Å². The van der Waals surface area contributed by atoms with Crippen molar-refractivity contribution in [2.24, 2.45) is 0 Å². The van der Waals surface area contributed by atoms with E-state index in [1.807, 2.05) is 6.92 Å². The lowest BCUT2D eigenvalue weighted by Crippen LogP contribution is -2.13. The average molecular weight is 358 g/mol. The number of hydrogen-bond acceptors (Lipinski definition) is 2. The minimum Gasteiger partial charge on any atom is -0.423 e. The van der Waals surface area contributed by atoms with Gasteiger partial charge in [0.15, 0.2) is 0 Å². The molecular weight excluding hydrogens is 343 g/mol. The first-order valence-electron chi connectivity index (χ1n) is 7.53. The lowest BCUT2D eigenvalue weighted by Gasteiger charge is -2.13. The van der Waals surface area contributed by atoms with Gasteiger partial charge in [0, 0.05) is 5.56 Å². The summed E-state index contributed by atoms with van der Waals surface area (Å²) < 4.78 is 69.7. The number of aryl methyl sites for hydroxylation is 1. The predicted octanol–water partition coefficient (Wildman–Crippen LogP) is 5.49. The van der Waals surface area contributed by atoms with Crippen LogP contribution in [0.2, 0.25) is 0 Å². The predicted molar refractivity (Wildman–Crippen MR) is 81.6 cm³/mol. The lowest BCUT2D eigenvalue weighted by molar-refractivity contribution is -0.140. The van der Waals surface area contributed by atoms with Crippen molar-refractivity contribution in [1.29, 1.82) is 0 Å². The highest BCUT2D eigenvalue weighted by atomic mass is 19.4. The molecule has 0 bridgehead atoms. The first kappa shape index (κ1) is 18.9. The molecule has 0 aliphatic rings. The Morgan fingerprint density at radius 3 is 2.28 bits per heavy atom. The molecule has 0 saturated carbocycles. The van der Waals surface area contributed by atoms with Crippen molar-refractivity contribution in [3.8, 4) is 5.75 Å². The Morgan fingerprint density at radius 2 is 1.76 bits per heavy atom. The summed E-state index contributed by atoms with van der Waals surface area (Å²) in [5.41, 5.74) is -1.38. The van der Waals surface area contributed by atoms with Gasteiger partial charge in [-0.25, -0.2) is 13.6 Å². The molecule has 0 aliphatic carbocycles. The average Bonchev–Trinajstić information content (AvgIpc) is 2.56. The fourth-order valence-corrected chi connectivity index (χ4v) is 2.28. The Labute approximate surface area is 141 Å². The summed E-state index contributed by atoms with van der Waals surface area (Å²) in [6.07, 6.45) is -3.29. The van der Waals surface area contributed by atoms with E-state index in [2.05, 4.69) is 0 Å². The highest BCUT2D eigenvalue weighted by Crippen LogP contribution is 2.35. The normalized spacial score (nSPS) is 11.4. The Hall–Kier alpha value is -2.44. The molecule has 7 heteroatoms. The Balaban J connectivity index is 2.28. The number of ether oxygens (including phenoxy) is 1. The van der Waals surface area contributed by atoms with Gasteiger partial charge >= 0.3 is 12.1 Å². The van der Waals surface area contributed by atoms with Gasteiger partial charge in [-0.15, -0.1) is 0 Å². The van der Waals surface area contributed by atoms with Gasteiger partial charge in [0.25, 0.3) is 0 Å². The third kappa shape index (κ3) is 4.55. The fraction of sp³-hybridized carbons (Fsp3) is 0.278. The summed E-state index contributed by atoms with van der Waals surface area (Å²) >= 11 is 0. The molecular formula is C18H15F5O2. The molecule has 2 aromatic carbocycles. The van der Waals surface area contributed by atoms with E-state index in [4.69, 9.17) is 4.74 Å². The number of carbonyl (C=O) groups excluding carboxylic acids is 1. The molecule has 0 aliphatic heterocycles. The molecule has 134 valence electrons. The number of rotatable bonds is 5. The number of esters is 1. The van der Waals surface area contributed by atoms with Crippen molar-refractivity contribution in [1.82, 2.24) is 0 Å². The number of halogens is 5. The first-order valence-corrected chi connectivity index (χ1v) is 7.53. The first-order chi connectivity index (χ1) is 11.8. The molecule has 0 amide bonds. The minimum atomic E-state index is -5.03. The SMILES string of the molecule is CCCc1ccc(C(=O)Oc2cc(CF)c(F)c(C(F)(F)F)c2)cc1. The Bertz CT molecular complexity index is 751. The van der Waals surface area contributed by atoms with E-state index in [0.29, 0.717) is 6.07 Å². The Morgan fingerprint density at radius 1 is 1.12 bits per heavy atom. The zero-order valence-electron chi connectivity index (χ0n) is 13.3. The molecule has 0 heterocycles. The van der Waals surface area contributed by atoms with Gasteiger partial charge in [0.05, 0.1) is 11.1 Å². The van der Waals surface area contributed by atoms with Crippen molar-refractivity contribution in [2.75, 3.05) is 0 Å². The second-order valence-corrected chi connectivity index (χ2v) is 5.41. The second-order valence-electron chi connectivity index (χ2n) is 5.41. The third-order valence-electron chi connectivity index (χ3n) is 3.51. The van der Waals surface area contributed by atoms with Gasteiger partial charge < -0.3 is 4.74 Å². The molecule has 0 saturated heterocycles. The van der Waals surface area contributed by atoms with Crippen molar-refractivity contribution in [3.63, 3.8) is 0 Å². The van der Waals surface area contributed by atoms with Crippen LogP contribution in [0.1, 0.15) is 40.4 Å². The number of benzene rings is 2. The van der Waals surface area contributed by atoms with Crippen LogP contribution < -0.4 is 4.74 Å². The van der Waals surface area contributed by atoms with E-state index < -0.39 is 41.5 Å². The van der Waals surface area contributed by atoms with E-state index in [1.54, 1.807) is 12.1 Å². The van der Waals surface area contributed by atoms with Gasteiger partial charge in [-0.1, -0.05) is 25.5 Å². The van der Waals surface area contributed by atoms with Crippen LogP contribution >= 0.6 is 0 Å². The van der Waals surface area contributed by atoms with Crippen molar-refractivity contribution < 1.29 is 31.5 Å². The van der Waals surface area contributed by atoms with Gasteiger partial charge in [-0.05, 0) is 36.2 Å². The van der Waals surface area contributed by atoms with E-state index in [-0.39, 0.29) is 5.56 Å². The van der Waals surface area contributed by atoms with E-state index in [1.165, 1.54) is 12.1 Å². The molecule has 0 atom stereocenters. The van der Waals surface area contributed by atoms with Crippen molar-refractivity contribution in [3.05, 3.63) is 64.5 Å². The topological polar surface area (TPSA) is 26.3 Å². The Kier molecular flexibility index (Phi) is 5.77. The van der Waals surface area contributed by atoms with Crippen LogP contribution in [0.3, 0.4) is 0 Å². The maximum atomic E-state index is 13.6. The number of alkyl halides is 4. The van der Waals surface area contributed by atoms with Crippen LogP contribution in [0.4, 0.5) is 22.0 Å². The molecule has 2 nitrogen and oxygen atoms in total. The fourth-order valence-electron chi connectivity index (χ4n) is 2.28. The van der Waals surface area contributed by atoms with E-state index in [9.17, 15) is 26.7 Å². The smallest absolute Gasteiger partial charge is 0.419 e. The molecule has 0 N–H and O–H groups in total. The van der Waals surface area contributed by atoms with Crippen LogP contribution in [-0.2, 0) is 19.3 Å². The maximum absolute atomic E-state index is 13.6. The summed E-state index contributed by atoms with van der Waals surface area (Å²) in [7, 11) is 0. The van der Waals surface area contributed by atoms with Crippen LogP contribution in [0.15, 0.2) is 36.4 Å². The van der Waals surface area contributed by atoms with E-state index >= 15 is 0 Å². The number of hydrogen-bond donors (Lipinski definition) is 0. The van der Waals surface area contributed by atoms with Gasteiger partial charge in [0.2, 0.25) is 0 Å². The number of carbonyl (C=O) groups is 1. The third-order valence-corrected chi connectivity index (χ3v) is 3.51. The maximum Gasteiger partial charge on any atom is 0.419 e. The molecule has 0 spiro atoms. The molecule has 2 aromatic rings. The van der Waals surface area contributed by atoms with Crippen molar-refractivity contribution >= 4 is 5.97 Å². The molecule has 0 fully saturated rings. The molecule has 25 heavy (non-hydrogen) atoms. The standard InChI is InChI=1S/C18H15F5O2/c1-2-3-11-4-6-12(7-5-11)17(24)25-14-8-13(10-19)16(20)15(9-14)18(21,22)23/h4-9H,2-3,10H2,1H3. The zero-order valence-corrected chi connectivity index (χ0v) is 13.3. The monoisotopic (exact) mass is 358 g/mol. The van der Waals surface area contributed by atoms with Crippen LogP contribution in [-0.4, -0.2) is 5.97 Å². The summed E-state index contributed by atoms with van der Waals surface area (Å²) in [5, 5.41) is 0. The molecule has 0 unspecified atom stereocenters. The highest BCUT2D eigenvalue weighted by Gasteiger charge is 2.36. The quantitative estimate of drug-likeness (QED) is 0.402. The van der Waals surface area contributed by atoms with Gasteiger partial charge in [-0.3, -0.25) is 0 Å². The van der Waals surface area contributed by atoms with Crippen LogP contribution in [0, 0.1) is 5.82 Å². The summed E-state index contributed by atoms with van der Waals surface area (Å²) in [4.78, 5) is 12.0. The summed E-state index contributed by atoms with van der Waals surface area (Å²) in [6, 6.07) is 7.47. The second kappa shape index (κ2) is 7.63. The minimum absolute atomic E-state index is 0.125. The largest absolute Gasteiger partial charge is 0.423 e. The molecule has 0 radical (unpaired) electrons.